The third-order valence-electron chi connectivity index (χ3n) is 2.54. The lowest BCUT2D eigenvalue weighted by Crippen LogP contribution is -2.06. The van der Waals surface area contributed by atoms with E-state index in [9.17, 15) is 9.18 Å². The Bertz CT molecular complexity index is 561. The van der Waals surface area contributed by atoms with Crippen molar-refractivity contribution in [1.29, 1.82) is 0 Å². The van der Waals surface area contributed by atoms with Gasteiger partial charge < -0.3 is 4.74 Å². The number of ether oxygens (including phenoxy) is 1. The van der Waals surface area contributed by atoms with E-state index < -0.39 is 5.97 Å². The second-order valence-corrected chi connectivity index (χ2v) is 3.80. The van der Waals surface area contributed by atoms with E-state index >= 15 is 0 Å². The molecule has 0 unspecified atom stereocenters. The molecule has 1 heterocycles. The summed E-state index contributed by atoms with van der Waals surface area (Å²) in [5, 5.41) is 6.82. The van der Waals surface area contributed by atoms with Gasteiger partial charge in [0.2, 0.25) is 0 Å². The van der Waals surface area contributed by atoms with Crippen molar-refractivity contribution in [2.24, 2.45) is 0 Å². The van der Waals surface area contributed by atoms with Crippen molar-refractivity contribution >= 4 is 5.97 Å². The molecule has 0 radical (unpaired) electrons. The van der Waals surface area contributed by atoms with E-state index in [1.54, 1.807) is 26.0 Å². The molecular formula is C13H13FN2O2. The van der Waals surface area contributed by atoms with Crippen LogP contribution in [0, 0.1) is 12.7 Å². The highest BCUT2D eigenvalue weighted by atomic mass is 19.1. The molecule has 0 saturated heterocycles. The molecule has 5 heteroatoms. The van der Waals surface area contributed by atoms with Gasteiger partial charge in [-0.15, -0.1) is 0 Å². The molecule has 1 aromatic carbocycles. The monoisotopic (exact) mass is 248 g/mol. The number of nitrogens with zero attached hydrogens (tertiary/aromatic N) is 1. The number of hydrogen-bond donors (Lipinski definition) is 1. The van der Waals surface area contributed by atoms with Gasteiger partial charge in [-0.2, -0.15) is 5.10 Å². The molecule has 94 valence electrons. The smallest absolute Gasteiger partial charge is 0.342 e. The number of rotatable bonds is 3. The first-order valence-electron chi connectivity index (χ1n) is 5.61. The van der Waals surface area contributed by atoms with E-state index in [1.807, 2.05) is 0 Å². The Hall–Kier alpha value is -2.17. The number of H-pyrrole nitrogens is 1. The van der Waals surface area contributed by atoms with Crippen LogP contribution in [-0.2, 0) is 4.74 Å². The number of esters is 1. The maximum atomic E-state index is 12.9. The van der Waals surface area contributed by atoms with Gasteiger partial charge in [0, 0.05) is 11.3 Å². The van der Waals surface area contributed by atoms with Crippen LogP contribution in [0.15, 0.2) is 24.3 Å². The minimum atomic E-state index is -0.428. The zero-order valence-corrected chi connectivity index (χ0v) is 10.2. The molecule has 0 amide bonds. The number of aromatic nitrogens is 2. The summed E-state index contributed by atoms with van der Waals surface area (Å²) in [4.78, 5) is 11.8. The Labute approximate surface area is 104 Å². The maximum Gasteiger partial charge on any atom is 0.342 e. The normalized spacial score (nSPS) is 10.4. The van der Waals surface area contributed by atoms with Crippen molar-refractivity contribution in [1.82, 2.24) is 10.2 Å². The van der Waals surface area contributed by atoms with Crippen molar-refractivity contribution in [2.75, 3.05) is 6.61 Å². The molecule has 2 aromatic rings. The third kappa shape index (κ3) is 2.25. The molecular weight excluding hydrogens is 235 g/mol. The van der Waals surface area contributed by atoms with E-state index in [0.717, 1.165) is 0 Å². The van der Waals surface area contributed by atoms with Crippen LogP contribution in [0.2, 0.25) is 0 Å². The molecule has 0 atom stereocenters. The van der Waals surface area contributed by atoms with Gasteiger partial charge >= 0.3 is 5.97 Å². The van der Waals surface area contributed by atoms with Crippen LogP contribution < -0.4 is 0 Å². The van der Waals surface area contributed by atoms with Crippen molar-refractivity contribution in [3.05, 3.63) is 41.3 Å². The Morgan fingerprint density at radius 3 is 2.67 bits per heavy atom. The summed E-state index contributed by atoms with van der Waals surface area (Å²) in [6.07, 6.45) is 0. The molecule has 0 aliphatic rings. The minimum absolute atomic E-state index is 0.298. The summed E-state index contributed by atoms with van der Waals surface area (Å²) in [5.74, 6) is -0.758. The fraction of sp³-hybridized carbons (Fsp3) is 0.231. The molecule has 18 heavy (non-hydrogen) atoms. The van der Waals surface area contributed by atoms with Crippen LogP contribution in [-0.4, -0.2) is 22.8 Å². The average Bonchev–Trinajstić information content (AvgIpc) is 2.72. The standard InChI is InChI=1S/C13H13FN2O2/c1-3-18-13(17)11-8(2)15-16-12(11)9-4-6-10(14)7-5-9/h4-7H,3H2,1-2H3,(H,15,16). The van der Waals surface area contributed by atoms with Gasteiger partial charge in [-0.3, -0.25) is 5.10 Å². The highest BCUT2D eigenvalue weighted by Gasteiger charge is 2.20. The van der Waals surface area contributed by atoms with Crippen LogP contribution >= 0.6 is 0 Å². The predicted octanol–water partition coefficient (Wildman–Crippen LogP) is 2.70. The second kappa shape index (κ2) is 5.00. The molecule has 0 bridgehead atoms. The fourth-order valence-electron chi connectivity index (χ4n) is 1.70. The van der Waals surface area contributed by atoms with E-state index in [-0.39, 0.29) is 5.82 Å². The molecule has 2 rings (SSSR count). The number of aromatic amines is 1. The van der Waals surface area contributed by atoms with E-state index in [1.165, 1.54) is 12.1 Å². The summed E-state index contributed by atoms with van der Waals surface area (Å²) in [6, 6.07) is 5.81. The molecule has 0 saturated carbocycles. The lowest BCUT2D eigenvalue weighted by atomic mass is 10.1. The summed E-state index contributed by atoms with van der Waals surface area (Å²) >= 11 is 0. The molecule has 0 spiro atoms. The number of carbonyl (C=O) groups excluding carboxylic acids is 1. The third-order valence-corrected chi connectivity index (χ3v) is 2.54. The van der Waals surface area contributed by atoms with Crippen LogP contribution in [0.1, 0.15) is 23.0 Å². The van der Waals surface area contributed by atoms with E-state index in [4.69, 9.17) is 4.74 Å². The Balaban J connectivity index is 2.45. The van der Waals surface area contributed by atoms with Gasteiger partial charge in [0.1, 0.15) is 17.1 Å². The largest absolute Gasteiger partial charge is 0.462 e. The molecule has 0 fully saturated rings. The number of benzene rings is 1. The number of nitrogens with one attached hydrogen (secondary N) is 1. The zero-order valence-electron chi connectivity index (χ0n) is 10.2. The molecule has 0 aliphatic carbocycles. The lowest BCUT2D eigenvalue weighted by molar-refractivity contribution is 0.0526. The summed E-state index contributed by atoms with van der Waals surface area (Å²) in [7, 11) is 0. The molecule has 1 N–H and O–H groups in total. The Kier molecular flexibility index (Phi) is 3.41. The first-order valence-corrected chi connectivity index (χ1v) is 5.61. The summed E-state index contributed by atoms with van der Waals surface area (Å²) in [6.45, 7) is 3.78. The number of hydrogen-bond acceptors (Lipinski definition) is 3. The first-order chi connectivity index (χ1) is 8.63. The molecule has 4 nitrogen and oxygen atoms in total. The molecule has 0 aliphatic heterocycles. The highest BCUT2D eigenvalue weighted by Crippen LogP contribution is 2.24. The van der Waals surface area contributed by atoms with Crippen LogP contribution in [0.25, 0.3) is 11.3 Å². The van der Waals surface area contributed by atoms with Crippen molar-refractivity contribution in [2.45, 2.75) is 13.8 Å². The van der Waals surface area contributed by atoms with Gasteiger partial charge in [-0.25, -0.2) is 9.18 Å². The number of carbonyl (C=O) groups is 1. The van der Waals surface area contributed by atoms with Crippen LogP contribution in [0.5, 0.6) is 0 Å². The number of aryl methyl sites for hydroxylation is 1. The summed E-state index contributed by atoms with van der Waals surface area (Å²) in [5.41, 5.74) is 2.17. The predicted molar refractivity (Wildman–Crippen MR) is 64.7 cm³/mol. The quantitative estimate of drug-likeness (QED) is 0.850. The summed E-state index contributed by atoms with van der Waals surface area (Å²) < 4.78 is 17.8. The minimum Gasteiger partial charge on any atom is -0.462 e. The number of halogens is 1. The highest BCUT2D eigenvalue weighted by molar-refractivity contribution is 5.97. The first kappa shape index (κ1) is 12.3. The van der Waals surface area contributed by atoms with Crippen LogP contribution in [0.4, 0.5) is 4.39 Å². The van der Waals surface area contributed by atoms with Crippen molar-refractivity contribution < 1.29 is 13.9 Å². The molecule has 1 aromatic heterocycles. The van der Waals surface area contributed by atoms with Crippen molar-refractivity contribution in [3.63, 3.8) is 0 Å². The maximum absolute atomic E-state index is 12.9. The van der Waals surface area contributed by atoms with Gasteiger partial charge in [0.05, 0.1) is 6.61 Å². The van der Waals surface area contributed by atoms with E-state index in [2.05, 4.69) is 10.2 Å². The van der Waals surface area contributed by atoms with E-state index in [0.29, 0.717) is 29.1 Å². The fourth-order valence-corrected chi connectivity index (χ4v) is 1.70. The van der Waals surface area contributed by atoms with Gasteiger partial charge in [-0.1, -0.05) is 0 Å². The Morgan fingerprint density at radius 1 is 1.39 bits per heavy atom. The SMILES string of the molecule is CCOC(=O)c1c(-c2ccc(F)cc2)n[nH]c1C. The van der Waals surface area contributed by atoms with Crippen molar-refractivity contribution in [3.8, 4) is 11.3 Å². The topological polar surface area (TPSA) is 55.0 Å². The Morgan fingerprint density at radius 2 is 2.06 bits per heavy atom. The van der Waals surface area contributed by atoms with Gasteiger partial charge in [-0.05, 0) is 38.1 Å². The second-order valence-electron chi connectivity index (χ2n) is 3.80. The van der Waals surface area contributed by atoms with Gasteiger partial charge in [0.15, 0.2) is 0 Å². The lowest BCUT2D eigenvalue weighted by Gasteiger charge is -2.03. The average molecular weight is 248 g/mol. The zero-order chi connectivity index (χ0) is 13.1. The van der Waals surface area contributed by atoms with Crippen LogP contribution in [0.3, 0.4) is 0 Å². The van der Waals surface area contributed by atoms with Gasteiger partial charge in [0.25, 0.3) is 0 Å².